The van der Waals surface area contributed by atoms with Crippen LogP contribution in [0.5, 0.6) is 0 Å². The van der Waals surface area contributed by atoms with Gasteiger partial charge in [-0.25, -0.2) is 8.42 Å². The van der Waals surface area contributed by atoms with Crippen molar-refractivity contribution in [1.82, 2.24) is 0 Å². The second-order valence-electron chi connectivity index (χ2n) is 4.97. The van der Waals surface area contributed by atoms with Gasteiger partial charge in [0, 0.05) is 11.7 Å². The minimum absolute atomic E-state index is 0.164. The third kappa shape index (κ3) is 3.65. The van der Waals surface area contributed by atoms with Gasteiger partial charge in [-0.2, -0.15) is 13.2 Å². The molecule has 1 aromatic rings. The molecule has 112 valence electrons. The van der Waals surface area contributed by atoms with Gasteiger partial charge in [0.15, 0.2) is 10.7 Å². The molecule has 0 radical (unpaired) electrons. The first kappa shape index (κ1) is 15.2. The molecule has 3 nitrogen and oxygen atoms in total. The first-order chi connectivity index (χ1) is 9.38. The summed E-state index contributed by atoms with van der Waals surface area (Å²) in [5.41, 5.74) is -0.778. The van der Waals surface area contributed by atoms with Crippen molar-refractivity contribution in [2.24, 2.45) is 0 Å². The Hall–Kier alpha value is -1.24. The van der Waals surface area contributed by atoms with E-state index in [1.54, 1.807) is 0 Å². The first-order valence-electron chi connectivity index (χ1n) is 6.50. The molecule has 0 amide bonds. The van der Waals surface area contributed by atoms with Crippen LogP contribution in [0.3, 0.4) is 0 Å². The normalized spacial score (nSPS) is 17.4. The Morgan fingerprint density at radius 2 is 1.75 bits per heavy atom. The zero-order valence-corrected chi connectivity index (χ0v) is 11.6. The molecule has 0 spiro atoms. The molecule has 2 rings (SSSR count). The Morgan fingerprint density at radius 1 is 1.10 bits per heavy atom. The maximum Gasteiger partial charge on any atom is 0.417 e. The Balaban J connectivity index is 2.27. The van der Waals surface area contributed by atoms with E-state index >= 15 is 0 Å². The van der Waals surface area contributed by atoms with Crippen molar-refractivity contribution in [3.05, 3.63) is 23.8 Å². The number of hydrogen-bond donors (Lipinski definition) is 2. The SMILES string of the molecule is O=[SH](=O)c1ccc(NC2CCCCC2)cc1C(F)(F)F. The average Bonchev–Trinajstić information content (AvgIpc) is 2.38. The van der Waals surface area contributed by atoms with Crippen LogP contribution in [0.15, 0.2) is 23.1 Å². The molecule has 1 aliphatic carbocycles. The fraction of sp³-hybridized carbons (Fsp3) is 0.538. The second kappa shape index (κ2) is 6.03. The van der Waals surface area contributed by atoms with Crippen LogP contribution in [-0.4, -0.2) is 14.5 Å². The molecule has 0 saturated heterocycles. The van der Waals surface area contributed by atoms with Crippen LogP contribution in [0, 0.1) is 0 Å². The topological polar surface area (TPSA) is 46.2 Å². The standard InChI is InChI=1S/C13H16F3NO2S/c14-13(15,16)11-8-10(6-7-12(11)20(18)19)17-9-4-2-1-3-5-9/h6-9,17,20H,1-5H2. The minimum atomic E-state index is -4.67. The Labute approximate surface area is 117 Å². The molecule has 0 atom stereocenters. The summed E-state index contributed by atoms with van der Waals surface area (Å²) in [5, 5.41) is 3.06. The Bertz CT molecular complexity index is 541. The van der Waals surface area contributed by atoms with Crippen molar-refractivity contribution >= 4 is 16.4 Å². The van der Waals surface area contributed by atoms with Gasteiger partial charge in [-0.15, -0.1) is 0 Å². The van der Waals surface area contributed by atoms with Crippen molar-refractivity contribution < 1.29 is 21.6 Å². The molecule has 1 fully saturated rings. The lowest BCUT2D eigenvalue weighted by molar-refractivity contribution is -0.139. The number of hydrogen-bond acceptors (Lipinski definition) is 3. The fourth-order valence-electron chi connectivity index (χ4n) is 2.49. The van der Waals surface area contributed by atoms with E-state index in [0.29, 0.717) is 5.69 Å². The van der Waals surface area contributed by atoms with E-state index in [1.807, 2.05) is 0 Å². The zero-order chi connectivity index (χ0) is 14.8. The molecule has 1 aromatic carbocycles. The lowest BCUT2D eigenvalue weighted by Gasteiger charge is -2.24. The van der Waals surface area contributed by atoms with Gasteiger partial charge in [-0.05, 0) is 31.0 Å². The second-order valence-corrected chi connectivity index (χ2v) is 5.96. The van der Waals surface area contributed by atoms with E-state index in [2.05, 4.69) is 5.32 Å². The van der Waals surface area contributed by atoms with Gasteiger partial charge in [0.1, 0.15) is 0 Å². The monoisotopic (exact) mass is 307 g/mol. The summed E-state index contributed by atoms with van der Waals surface area (Å²) >= 11 is 0. The molecule has 7 heteroatoms. The van der Waals surface area contributed by atoms with Crippen molar-refractivity contribution in [2.45, 2.75) is 49.2 Å². The zero-order valence-electron chi connectivity index (χ0n) is 10.7. The lowest BCUT2D eigenvalue weighted by Crippen LogP contribution is -2.22. The number of benzene rings is 1. The number of alkyl halides is 3. The highest BCUT2D eigenvalue weighted by Crippen LogP contribution is 2.35. The largest absolute Gasteiger partial charge is 0.417 e. The maximum atomic E-state index is 12.9. The molecule has 1 aliphatic rings. The summed E-state index contributed by atoms with van der Waals surface area (Å²) in [6, 6.07) is 3.45. The number of halogens is 3. The summed E-state index contributed by atoms with van der Waals surface area (Å²) in [4.78, 5) is -0.679. The number of anilines is 1. The van der Waals surface area contributed by atoms with E-state index < -0.39 is 27.3 Å². The van der Waals surface area contributed by atoms with Crippen LogP contribution in [0.1, 0.15) is 37.7 Å². The van der Waals surface area contributed by atoms with Gasteiger partial charge >= 0.3 is 6.18 Å². The minimum Gasteiger partial charge on any atom is -0.382 e. The molecular weight excluding hydrogens is 291 g/mol. The van der Waals surface area contributed by atoms with Crippen molar-refractivity contribution in [1.29, 1.82) is 0 Å². The van der Waals surface area contributed by atoms with Gasteiger partial charge in [-0.3, -0.25) is 0 Å². The van der Waals surface area contributed by atoms with Crippen LogP contribution < -0.4 is 5.32 Å². The van der Waals surface area contributed by atoms with Crippen LogP contribution in [0.2, 0.25) is 0 Å². The van der Waals surface area contributed by atoms with E-state index in [4.69, 9.17) is 0 Å². The van der Waals surface area contributed by atoms with E-state index in [1.165, 1.54) is 6.07 Å². The van der Waals surface area contributed by atoms with E-state index in [0.717, 1.165) is 44.2 Å². The number of nitrogens with one attached hydrogen (secondary N) is 1. The fourth-order valence-corrected chi connectivity index (χ4v) is 3.08. The number of thiol groups is 1. The van der Waals surface area contributed by atoms with Crippen LogP contribution in [0.25, 0.3) is 0 Å². The summed E-state index contributed by atoms with van der Waals surface area (Å²) in [6.07, 6.45) is 0.469. The van der Waals surface area contributed by atoms with Crippen LogP contribution in [0.4, 0.5) is 18.9 Å². The quantitative estimate of drug-likeness (QED) is 0.841. The third-order valence-electron chi connectivity index (χ3n) is 3.47. The predicted molar refractivity (Wildman–Crippen MR) is 70.5 cm³/mol. The molecule has 20 heavy (non-hydrogen) atoms. The van der Waals surface area contributed by atoms with Crippen molar-refractivity contribution in [3.63, 3.8) is 0 Å². The molecule has 0 bridgehead atoms. The van der Waals surface area contributed by atoms with Crippen molar-refractivity contribution in [2.75, 3.05) is 5.32 Å². The smallest absolute Gasteiger partial charge is 0.382 e. The third-order valence-corrected chi connectivity index (χ3v) is 4.26. The van der Waals surface area contributed by atoms with Gasteiger partial charge < -0.3 is 5.32 Å². The maximum absolute atomic E-state index is 12.9. The average molecular weight is 307 g/mol. The molecule has 1 N–H and O–H groups in total. The Morgan fingerprint density at radius 3 is 2.30 bits per heavy atom. The van der Waals surface area contributed by atoms with E-state index in [-0.39, 0.29) is 6.04 Å². The van der Waals surface area contributed by atoms with Crippen molar-refractivity contribution in [3.8, 4) is 0 Å². The lowest BCUT2D eigenvalue weighted by atomic mass is 9.95. The van der Waals surface area contributed by atoms with Crippen LogP contribution >= 0.6 is 0 Å². The molecule has 0 heterocycles. The van der Waals surface area contributed by atoms with E-state index in [9.17, 15) is 21.6 Å². The van der Waals surface area contributed by atoms with Gasteiger partial charge in [0.2, 0.25) is 0 Å². The summed E-state index contributed by atoms with van der Waals surface area (Å²) in [6.45, 7) is 0. The molecule has 0 aromatic heterocycles. The summed E-state index contributed by atoms with van der Waals surface area (Å²) in [7, 11) is -3.26. The molecular formula is C13H16F3NO2S. The molecule has 0 unspecified atom stereocenters. The highest BCUT2D eigenvalue weighted by Gasteiger charge is 2.34. The summed E-state index contributed by atoms with van der Waals surface area (Å²) in [5.74, 6) is 0. The van der Waals surface area contributed by atoms with Gasteiger partial charge in [0.25, 0.3) is 0 Å². The predicted octanol–water partition coefficient (Wildman–Crippen LogP) is 3.42. The summed E-state index contributed by atoms with van der Waals surface area (Å²) < 4.78 is 60.4. The highest BCUT2D eigenvalue weighted by atomic mass is 32.2. The Kier molecular flexibility index (Phi) is 4.57. The molecule has 0 aliphatic heterocycles. The molecule has 1 saturated carbocycles. The van der Waals surface area contributed by atoms with Gasteiger partial charge in [-0.1, -0.05) is 19.3 Å². The van der Waals surface area contributed by atoms with Gasteiger partial charge in [0.05, 0.1) is 10.5 Å². The highest BCUT2D eigenvalue weighted by molar-refractivity contribution is 7.72. The first-order valence-corrected chi connectivity index (χ1v) is 7.68. The number of rotatable bonds is 3. The van der Waals surface area contributed by atoms with Crippen LogP contribution in [-0.2, 0) is 16.9 Å².